The van der Waals surface area contributed by atoms with E-state index < -0.39 is 33.9 Å². The molecule has 1 rings (SSSR count). The van der Waals surface area contributed by atoms with Crippen LogP contribution in [0, 0.1) is 0 Å². The molecule has 1 unspecified atom stereocenters. The van der Waals surface area contributed by atoms with Crippen molar-refractivity contribution in [2.24, 2.45) is 0 Å². The number of unbranched alkanes of at least 4 members (excludes halogenated alkanes) is 11. The van der Waals surface area contributed by atoms with Crippen LogP contribution in [-0.4, -0.2) is 43.4 Å². The third-order valence-electron chi connectivity index (χ3n) is 5.86. The van der Waals surface area contributed by atoms with Gasteiger partial charge in [0.2, 0.25) is 0 Å². The van der Waals surface area contributed by atoms with Crippen molar-refractivity contribution < 1.29 is 61.6 Å². The Labute approximate surface area is 233 Å². The fourth-order valence-electron chi connectivity index (χ4n) is 3.68. The number of hydrogen-bond acceptors (Lipinski definition) is 7. The molecule has 1 aromatic rings. The van der Waals surface area contributed by atoms with E-state index >= 15 is 0 Å². The second kappa shape index (κ2) is 20.2. The Morgan fingerprint density at radius 1 is 0.771 bits per heavy atom. The number of hydrogen-bond donors (Lipinski definition) is 0. The van der Waals surface area contributed by atoms with E-state index in [1.807, 2.05) is 0 Å². The molecule has 0 heterocycles. The molecule has 0 amide bonds. The maximum Gasteiger partial charge on any atom is 1.00 e. The van der Waals surface area contributed by atoms with E-state index in [2.05, 4.69) is 6.92 Å². The largest absolute Gasteiger partial charge is 1.00 e. The van der Waals surface area contributed by atoms with Crippen LogP contribution < -0.4 is 29.6 Å². The van der Waals surface area contributed by atoms with E-state index in [1.54, 1.807) is 12.1 Å². The molecule has 0 aliphatic carbocycles. The molecule has 0 aliphatic rings. The van der Waals surface area contributed by atoms with Gasteiger partial charge in [0.25, 0.3) is 0 Å². The Balaban J connectivity index is 0.0000116. The number of ether oxygens (including phenoxy) is 2. The molecule has 1 atom stereocenters. The third kappa shape index (κ3) is 15.0. The fourth-order valence-corrected chi connectivity index (χ4v) is 4.32. The first-order chi connectivity index (χ1) is 16.3. The number of benzene rings is 1. The van der Waals surface area contributed by atoms with Crippen LogP contribution in [0.5, 0.6) is 0 Å². The van der Waals surface area contributed by atoms with Gasteiger partial charge >= 0.3 is 41.5 Å². The van der Waals surface area contributed by atoms with Crippen LogP contribution in [0.4, 0.5) is 0 Å². The smallest absolute Gasteiger partial charge is 0.748 e. The van der Waals surface area contributed by atoms with Crippen molar-refractivity contribution >= 4 is 22.1 Å². The minimum absolute atomic E-state index is 0. The quantitative estimate of drug-likeness (QED) is 0.119. The number of esters is 2. The first-order valence-electron chi connectivity index (χ1n) is 12.7. The van der Waals surface area contributed by atoms with Crippen LogP contribution in [0.25, 0.3) is 0 Å². The van der Waals surface area contributed by atoms with Gasteiger partial charge in [-0.1, -0.05) is 96.6 Å². The van der Waals surface area contributed by atoms with Crippen LogP contribution in [0.2, 0.25) is 0 Å². The normalized spacial score (nSPS) is 12.0. The maximum atomic E-state index is 12.4. The molecule has 9 heteroatoms. The average Bonchev–Trinajstić information content (AvgIpc) is 2.81. The molecular weight excluding hydrogens is 479 g/mol. The Hall–Kier alpha value is -0.930. The minimum Gasteiger partial charge on any atom is -0.748 e. The number of carbonyl (C=O) groups is 2. The summed E-state index contributed by atoms with van der Waals surface area (Å²) < 4.78 is 43.8. The summed E-state index contributed by atoms with van der Waals surface area (Å²) in [5, 5.41) is -1.32. The Kier molecular flexibility index (Phi) is 19.6. The first kappa shape index (κ1) is 34.1. The van der Waals surface area contributed by atoms with E-state index in [4.69, 9.17) is 9.47 Å². The molecule has 0 bridgehead atoms. The summed E-state index contributed by atoms with van der Waals surface area (Å²) in [5.41, 5.74) is 0.0461. The van der Waals surface area contributed by atoms with Gasteiger partial charge in [0.15, 0.2) is 0 Å². The van der Waals surface area contributed by atoms with Crippen LogP contribution in [0.3, 0.4) is 0 Å². The van der Waals surface area contributed by atoms with Crippen molar-refractivity contribution in [1.29, 1.82) is 0 Å². The van der Waals surface area contributed by atoms with Crippen molar-refractivity contribution in [3.05, 3.63) is 35.4 Å². The second-order valence-electron chi connectivity index (χ2n) is 8.69. The zero-order valence-electron chi connectivity index (χ0n) is 21.8. The van der Waals surface area contributed by atoms with Crippen molar-refractivity contribution in [2.75, 3.05) is 13.2 Å². The van der Waals surface area contributed by atoms with Crippen molar-refractivity contribution in [3.63, 3.8) is 0 Å². The SMILES string of the molecule is CCCCCCCCCCCCCCOC(=O)c1ccccc1C(=O)OCC(CC)S(=O)(=O)[O-].[Na+]. The fraction of sp³-hybridized carbons (Fsp3) is 0.692. The summed E-state index contributed by atoms with van der Waals surface area (Å²) in [4.78, 5) is 24.8. The molecule has 0 aliphatic heterocycles. The van der Waals surface area contributed by atoms with Crippen LogP contribution in [0.15, 0.2) is 24.3 Å². The minimum atomic E-state index is -4.57. The van der Waals surface area contributed by atoms with Gasteiger partial charge in [0, 0.05) is 0 Å². The van der Waals surface area contributed by atoms with E-state index in [1.165, 1.54) is 76.8 Å². The molecule has 35 heavy (non-hydrogen) atoms. The number of carbonyl (C=O) groups excluding carboxylic acids is 2. The van der Waals surface area contributed by atoms with Crippen molar-refractivity contribution in [3.8, 4) is 0 Å². The zero-order valence-corrected chi connectivity index (χ0v) is 24.6. The predicted octanol–water partition coefficient (Wildman–Crippen LogP) is 3.03. The summed E-state index contributed by atoms with van der Waals surface area (Å²) in [6.07, 6.45) is 14.6. The standard InChI is InChI=1S/C26H42O7S.Na/c1-3-5-6-7-8-9-10-11-12-13-14-17-20-32-25(27)23-18-15-16-19-24(23)26(28)33-21-22(4-2)34(29,30)31;/h15-16,18-19,22H,3-14,17,20-21H2,1-2H3,(H,29,30,31);/q;+1/p-1. The molecule has 0 saturated heterocycles. The molecular formula is C26H41NaO7S. The van der Waals surface area contributed by atoms with Crippen LogP contribution in [0.1, 0.15) is 118 Å². The topological polar surface area (TPSA) is 110 Å². The van der Waals surface area contributed by atoms with Crippen LogP contribution in [-0.2, 0) is 19.6 Å². The maximum absolute atomic E-state index is 12.4. The predicted molar refractivity (Wildman–Crippen MR) is 132 cm³/mol. The summed E-state index contributed by atoms with van der Waals surface area (Å²) in [6, 6.07) is 6.05. The molecule has 1 aromatic carbocycles. The Bertz CT molecular complexity index is 827. The van der Waals surface area contributed by atoms with E-state index in [-0.39, 0.29) is 53.7 Å². The summed E-state index contributed by atoms with van der Waals surface area (Å²) in [7, 11) is -4.57. The summed E-state index contributed by atoms with van der Waals surface area (Å²) >= 11 is 0. The first-order valence-corrected chi connectivity index (χ1v) is 14.2. The van der Waals surface area contributed by atoms with Gasteiger partial charge in [-0.15, -0.1) is 0 Å². The van der Waals surface area contributed by atoms with Crippen LogP contribution >= 0.6 is 0 Å². The van der Waals surface area contributed by atoms with Gasteiger partial charge < -0.3 is 14.0 Å². The zero-order chi connectivity index (χ0) is 25.2. The van der Waals surface area contributed by atoms with E-state index in [0.717, 1.165) is 19.3 Å². The molecule has 0 spiro atoms. The van der Waals surface area contributed by atoms with E-state index in [9.17, 15) is 22.6 Å². The average molecular weight is 521 g/mol. The molecule has 0 saturated carbocycles. The summed E-state index contributed by atoms with van der Waals surface area (Å²) in [6.45, 7) is 3.47. The van der Waals surface area contributed by atoms with Crippen molar-refractivity contribution in [1.82, 2.24) is 0 Å². The van der Waals surface area contributed by atoms with Gasteiger partial charge in [-0.3, -0.25) is 0 Å². The van der Waals surface area contributed by atoms with Gasteiger partial charge in [0.05, 0.1) is 23.0 Å². The molecule has 194 valence electrons. The number of rotatable bonds is 19. The van der Waals surface area contributed by atoms with Gasteiger partial charge in [-0.25, -0.2) is 18.0 Å². The Morgan fingerprint density at radius 2 is 1.20 bits per heavy atom. The Morgan fingerprint density at radius 3 is 1.63 bits per heavy atom. The second-order valence-corrected chi connectivity index (χ2v) is 10.3. The molecule has 0 fully saturated rings. The van der Waals surface area contributed by atoms with Crippen molar-refractivity contribution in [2.45, 2.75) is 103 Å². The third-order valence-corrected chi connectivity index (χ3v) is 7.15. The molecule has 0 aromatic heterocycles. The van der Waals surface area contributed by atoms with E-state index in [0.29, 0.717) is 0 Å². The molecule has 0 radical (unpaired) electrons. The van der Waals surface area contributed by atoms with Gasteiger partial charge in [-0.2, -0.15) is 0 Å². The van der Waals surface area contributed by atoms with Gasteiger partial charge in [-0.05, 0) is 25.0 Å². The molecule has 0 N–H and O–H groups in total. The monoisotopic (exact) mass is 520 g/mol. The summed E-state index contributed by atoms with van der Waals surface area (Å²) in [5.74, 6) is -1.49. The molecule has 7 nitrogen and oxygen atoms in total. The van der Waals surface area contributed by atoms with Gasteiger partial charge in [0.1, 0.15) is 16.7 Å².